The van der Waals surface area contributed by atoms with E-state index in [-0.39, 0.29) is 5.56 Å². The summed E-state index contributed by atoms with van der Waals surface area (Å²) >= 11 is 0. The summed E-state index contributed by atoms with van der Waals surface area (Å²) in [5.74, 6) is -3.43. The van der Waals surface area contributed by atoms with Crippen LogP contribution in [0, 0.1) is 0 Å². The number of hydrogen-bond acceptors (Lipinski definition) is 4. The number of carbonyl (C=O) groups is 1. The van der Waals surface area contributed by atoms with Crippen molar-refractivity contribution in [2.45, 2.75) is 25.5 Å². The molecule has 0 bridgehead atoms. The number of pyridine rings is 1. The molecule has 0 saturated carbocycles. The van der Waals surface area contributed by atoms with Crippen LogP contribution in [0.15, 0.2) is 6.20 Å². The Morgan fingerprint density at radius 1 is 1.29 bits per heavy atom. The van der Waals surface area contributed by atoms with E-state index in [1.165, 1.54) is 0 Å². The van der Waals surface area contributed by atoms with Crippen LogP contribution in [0.4, 0.5) is 26.3 Å². The minimum Gasteiger partial charge on any atom is -0.481 e. The molecule has 1 aromatic rings. The summed E-state index contributed by atoms with van der Waals surface area (Å²) in [6.45, 7) is -0.523. The number of halogens is 6. The van der Waals surface area contributed by atoms with Gasteiger partial charge in [-0.1, -0.05) is 0 Å². The van der Waals surface area contributed by atoms with Crippen molar-refractivity contribution in [3.63, 3.8) is 0 Å². The van der Waals surface area contributed by atoms with Crippen LogP contribution >= 0.6 is 0 Å². The highest BCUT2D eigenvalue weighted by molar-refractivity contribution is 5.72. The summed E-state index contributed by atoms with van der Waals surface area (Å²) in [5.41, 5.74) is 2.01. The van der Waals surface area contributed by atoms with Crippen LogP contribution < -0.4 is 10.5 Å². The lowest BCUT2D eigenvalue weighted by Crippen LogP contribution is -2.24. The molecule has 1 aromatic heterocycles. The Balaban J connectivity index is 3.56. The minimum absolute atomic E-state index is 0.334. The fourth-order valence-corrected chi connectivity index (χ4v) is 1.58. The van der Waals surface area contributed by atoms with Crippen molar-refractivity contribution < 1.29 is 41.0 Å². The number of carboxylic acid groups (broad SMARTS) is 1. The van der Waals surface area contributed by atoms with Gasteiger partial charge in [0.05, 0.1) is 6.42 Å². The van der Waals surface area contributed by atoms with Crippen LogP contribution in [0.1, 0.15) is 16.7 Å². The highest BCUT2D eigenvalue weighted by atomic mass is 19.4. The van der Waals surface area contributed by atoms with E-state index in [9.17, 15) is 31.1 Å². The largest absolute Gasteiger partial charge is 0.574 e. The van der Waals surface area contributed by atoms with Gasteiger partial charge in [-0.05, 0) is 11.1 Å². The standard InChI is InChI=1S/C10H8F6N2O3/c11-9(12,13)7-5(1-6(19)20)4(2-17)3-18-8(7)21-10(14,15)16/h3H,1-2,17H2,(H,19,20). The van der Waals surface area contributed by atoms with Crippen molar-refractivity contribution in [3.05, 3.63) is 22.9 Å². The van der Waals surface area contributed by atoms with E-state index in [1.807, 2.05) is 0 Å². The molecule has 118 valence electrons. The molecule has 0 spiro atoms. The van der Waals surface area contributed by atoms with Crippen LogP contribution in [-0.4, -0.2) is 22.4 Å². The first-order valence-corrected chi connectivity index (χ1v) is 5.21. The molecule has 0 fully saturated rings. The SMILES string of the molecule is NCc1cnc(OC(F)(F)F)c(C(F)(F)F)c1CC(=O)O. The van der Waals surface area contributed by atoms with Gasteiger partial charge in [0.2, 0.25) is 5.88 Å². The van der Waals surface area contributed by atoms with Crippen molar-refractivity contribution in [1.29, 1.82) is 0 Å². The molecule has 11 heteroatoms. The third kappa shape index (κ3) is 4.48. The lowest BCUT2D eigenvalue weighted by Gasteiger charge is -2.19. The van der Waals surface area contributed by atoms with Gasteiger partial charge >= 0.3 is 18.5 Å². The summed E-state index contributed by atoms with van der Waals surface area (Å²) in [6.07, 6.45) is -11.2. The Bertz CT molecular complexity index is 541. The maximum absolute atomic E-state index is 12.9. The average Bonchev–Trinajstić information content (AvgIpc) is 2.24. The zero-order valence-corrected chi connectivity index (χ0v) is 10.0. The van der Waals surface area contributed by atoms with Crippen molar-refractivity contribution in [1.82, 2.24) is 4.98 Å². The van der Waals surface area contributed by atoms with E-state index < -0.39 is 48.5 Å². The fraction of sp³-hybridized carbons (Fsp3) is 0.400. The zero-order chi connectivity index (χ0) is 16.4. The van der Waals surface area contributed by atoms with E-state index >= 15 is 0 Å². The number of rotatable bonds is 4. The van der Waals surface area contributed by atoms with Crippen LogP contribution in [0.2, 0.25) is 0 Å². The maximum atomic E-state index is 12.9. The summed E-state index contributed by atoms with van der Waals surface area (Å²) < 4.78 is 78.4. The highest BCUT2D eigenvalue weighted by Crippen LogP contribution is 2.40. The van der Waals surface area contributed by atoms with Gasteiger partial charge in [-0.15, -0.1) is 13.2 Å². The van der Waals surface area contributed by atoms with E-state index in [1.54, 1.807) is 0 Å². The Hall–Kier alpha value is -2.04. The van der Waals surface area contributed by atoms with Crippen molar-refractivity contribution >= 4 is 5.97 Å². The molecule has 3 N–H and O–H groups in total. The van der Waals surface area contributed by atoms with Crippen molar-refractivity contribution in [3.8, 4) is 5.88 Å². The summed E-state index contributed by atoms with van der Waals surface area (Å²) in [7, 11) is 0. The van der Waals surface area contributed by atoms with Crippen molar-refractivity contribution in [2.24, 2.45) is 5.73 Å². The van der Waals surface area contributed by atoms with Gasteiger partial charge in [0, 0.05) is 12.7 Å². The predicted molar refractivity (Wildman–Crippen MR) is 55.2 cm³/mol. The van der Waals surface area contributed by atoms with Gasteiger partial charge in [-0.25, -0.2) is 4.98 Å². The third-order valence-electron chi connectivity index (χ3n) is 2.28. The number of alkyl halides is 6. The lowest BCUT2D eigenvalue weighted by molar-refractivity contribution is -0.277. The molecular formula is C10H8F6N2O3. The Labute approximate surface area is 113 Å². The lowest BCUT2D eigenvalue weighted by atomic mass is 10.00. The minimum atomic E-state index is -5.41. The van der Waals surface area contributed by atoms with Crippen LogP contribution in [0.5, 0.6) is 5.88 Å². The number of aliphatic carboxylic acids is 1. The first-order valence-electron chi connectivity index (χ1n) is 5.21. The molecule has 21 heavy (non-hydrogen) atoms. The van der Waals surface area contributed by atoms with Gasteiger partial charge in [-0.3, -0.25) is 4.79 Å². The van der Waals surface area contributed by atoms with Gasteiger partial charge in [0.1, 0.15) is 5.56 Å². The third-order valence-corrected chi connectivity index (χ3v) is 2.28. The van der Waals surface area contributed by atoms with E-state index in [0.29, 0.717) is 6.20 Å². The monoisotopic (exact) mass is 318 g/mol. The number of aromatic nitrogens is 1. The summed E-state index contributed by atoms with van der Waals surface area (Å²) in [4.78, 5) is 13.6. The Kier molecular flexibility index (Phi) is 4.66. The first kappa shape index (κ1) is 17.0. The second-order valence-electron chi connectivity index (χ2n) is 3.76. The fourth-order valence-electron chi connectivity index (χ4n) is 1.58. The predicted octanol–water partition coefficient (Wildman–Crippen LogP) is 2.08. The number of nitrogens with zero attached hydrogens (tertiary/aromatic N) is 1. The van der Waals surface area contributed by atoms with Gasteiger partial charge < -0.3 is 15.6 Å². The highest BCUT2D eigenvalue weighted by Gasteiger charge is 2.43. The second kappa shape index (κ2) is 5.76. The molecule has 0 aliphatic rings. The quantitative estimate of drug-likeness (QED) is 0.830. The average molecular weight is 318 g/mol. The molecule has 1 heterocycles. The molecule has 0 amide bonds. The molecule has 0 radical (unpaired) electrons. The molecule has 0 aliphatic heterocycles. The van der Waals surface area contributed by atoms with Crippen LogP contribution in [0.25, 0.3) is 0 Å². The Morgan fingerprint density at radius 3 is 2.24 bits per heavy atom. The summed E-state index contributed by atoms with van der Waals surface area (Å²) in [6, 6.07) is 0. The number of carboxylic acids is 1. The Morgan fingerprint density at radius 2 is 1.86 bits per heavy atom. The molecular weight excluding hydrogens is 310 g/mol. The number of nitrogens with two attached hydrogens (primary N) is 1. The summed E-state index contributed by atoms with van der Waals surface area (Å²) in [5, 5.41) is 8.61. The number of hydrogen-bond donors (Lipinski definition) is 2. The van der Waals surface area contributed by atoms with Crippen LogP contribution in [0.3, 0.4) is 0 Å². The molecule has 1 rings (SSSR count). The molecule has 0 aliphatic carbocycles. The molecule has 0 atom stereocenters. The van der Waals surface area contributed by atoms with Crippen LogP contribution in [-0.2, 0) is 23.9 Å². The smallest absolute Gasteiger partial charge is 0.481 e. The molecule has 0 unspecified atom stereocenters. The normalized spacial score (nSPS) is 12.3. The molecule has 0 saturated heterocycles. The van der Waals surface area contributed by atoms with Gasteiger partial charge in [-0.2, -0.15) is 13.2 Å². The van der Waals surface area contributed by atoms with Gasteiger partial charge in [0.15, 0.2) is 0 Å². The zero-order valence-electron chi connectivity index (χ0n) is 10.0. The topological polar surface area (TPSA) is 85.4 Å². The van der Waals surface area contributed by atoms with Gasteiger partial charge in [0.25, 0.3) is 0 Å². The van der Waals surface area contributed by atoms with E-state index in [2.05, 4.69) is 9.72 Å². The van der Waals surface area contributed by atoms with Crippen molar-refractivity contribution in [2.75, 3.05) is 0 Å². The van der Waals surface area contributed by atoms with E-state index in [4.69, 9.17) is 10.8 Å². The number of ether oxygens (including phenoxy) is 1. The first-order chi connectivity index (χ1) is 9.45. The van der Waals surface area contributed by atoms with E-state index in [0.717, 1.165) is 0 Å². The molecule has 5 nitrogen and oxygen atoms in total. The maximum Gasteiger partial charge on any atom is 0.574 e. The molecule has 0 aromatic carbocycles. The second-order valence-corrected chi connectivity index (χ2v) is 3.76.